The van der Waals surface area contributed by atoms with E-state index in [0.29, 0.717) is 27.9 Å². The molecule has 1 aliphatic heterocycles. The molecule has 1 aromatic heterocycles. The monoisotopic (exact) mass is 318 g/mol. The summed E-state index contributed by atoms with van der Waals surface area (Å²) in [5.74, 6) is 0.974. The summed E-state index contributed by atoms with van der Waals surface area (Å²) in [6.07, 6.45) is 1.67. The molecule has 1 aliphatic rings. The SMILES string of the molecule is COc1ccc(Cl)cc1/C=C1/N=C(c2cccs2)NC1=O. The van der Waals surface area contributed by atoms with Crippen molar-refractivity contribution in [1.82, 2.24) is 5.32 Å². The molecule has 1 amide bonds. The van der Waals surface area contributed by atoms with Gasteiger partial charge in [0.05, 0.1) is 12.0 Å². The van der Waals surface area contributed by atoms with Gasteiger partial charge in [-0.3, -0.25) is 4.79 Å². The summed E-state index contributed by atoms with van der Waals surface area (Å²) in [5.41, 5.74) is 1.05. The number of thiophene rings is 1. The number of carbonyl (C=O) groups excluding carboxylic acids is 1. The van der Waals surface area contributed by atoms with E-state index in [4.69, 9.17) is 16.3 Å². The molecule has 0 radical (unpaired) electrons. The van der Waals surface area contributed by atoms with Crippen molar-refractivity contribution in [1.29, 1.82) is 0 Å². The zero-order chi connectivity index (χ0) is 14.8. The molecule has 0 bridgehead atoms. The van der Waals surface area contributed by atoms with Gasteiger partial charge in [0, 0.05) is 10.6 Å². The second-order valence-electron chi connectivity index (χ2n) is 4.31. The Morgan fingerprint density at radius 1 is 1.38 bits per heavy atom. The molecule has 0 atom stereocenters. The third kappa shape index (κ3) is 2.84. The minimum atomic E-state index is -0.236. The molecule has 4 nitrogen and oxygen atoms in total. The van der Waals surface area contributed by atoms with E-state index < -0.39 is 0 Å². The van der Waals surface area contributed by atoms with Crippen molar-refractivity contribution < 1.29 is 9.53 Å². The van der Waals surface area contributed by atoms with Gasteiger partial charge in [0.25, 0.3) is 5.91 Å². The number of hydrogen-bond acceptors (Lipinski definition) is 4. The molecule has 1 N–H and O–H groups in total. The second-order valence-corrected chi connectivity index (χ2v) is 5.69. The molecule has 106 valence electrons. The molecule has 2 aromatic rings. The standard InChI is InChI=1S/C15H11ClN2O2S/c1-20-12-5-4-10(16)7-9(12)8-11-15(19)18-14(17-11)13-3-2-6-21-13/h2-8H,1H3,(H,17,18,19)/b11-8+. The van der Waals surface area contributed by atoms with Crippen LogP contribution in [0.15, 0.2) is 46.4 Å². The van der Waals surface area contributed by atoms with E-state index in [0.717, 1.165) is 4.88 Å². The van der Waals surface area contributed by atoms with Crippen LogP contribution < -0.4 is 10.1 Å². The predicted molar refractivity (Wildman–Crippen MR) is 85.0 cm³/mol. The number of methoxy groups -OCH3 is 1. The highest BCUT2D eigenvalue weighted by molar-refractivity contribution is 7.12. The van der Waals surface area contributed by atoms with Crippen molar-refractivity contribution in [3.8, 4) is 5.75 Å². The molecular formula is C15H11ClN2O2S. The molecule has 2 heterocycles. The maximum Gasteiger partial charge on any atom is 0.275 e. The van der Waals surface area contributed by atoms with Crippen molar-refractivity contribution in [2.45, 2.75) is 0 Å². The first-order valence-corrected chi connectivity index (χ1v) is 7.42. The van der Waals surface area contributed by atoms with Crippen LogP contribution in [0.1, 0.15) is 10.4 Å². The summed E-state index contributed by atoms with van der Waals surface area (Å²) in [6, 6.07) is 9.05. The number of hydrogen-bond donors (Lipinski definition) is 1. The summed E-state index contributed by atoms with van der Waals surface area (Å²) in [5, 5.41) is 5.27. The third-order valence-electron chi connectivity index (χ3n) is 2.94. The first-order chi connectivity index (χ1) is 10.2. The Morgan fingerprint density at radius 3 is 2.95 bits per heavy atom. The van der Waals surface area contributed by atoms with Crippen LogP contribution in [0.3, 0.4) is 0 Å². The number of rotatable bonds is 3. The lowest BCUT2D eigenvalue weighted by atomic mass is 10.1. The Balaban J connectivity index is 2.00. The molecule has 0 saturated heterocycles. The first kappa shape index (κ1) is 13.9. The quantitative estimate of drug-likeness (QED) is 0.883. The maximum atomic E-state index is 12.0. The number of nitrogens with zero attached hydrogens (tertiary/aromatic N) is 1. The Kier molecular flexibility index (Phi) is 3.77. The normalized spacial score (nSPS) is 16.0. The van der Waals surface area contributed by atoms with E-state index in [1.54, 1.807) is 31.4 Å². The molecule has 21 heavy (non-hydrogen) atoms. The molecule has 3 rings (SSSR count). The Bertz CT molecular complexity index is 751. The van der Waals surface area contributed by atoms with Gasteiger partial charge in [0.15, 0.2) is 5.84 Å². The highest BCUT2D eigenvalue weighted by Crippen LogP contribution is 2.26. The van der Waals surface area contributed by atoms with E-state index in [1.807, 2.05) is 17.5 Å². The fraction of sp³-hybridized carbons (Fsp3) is 0.0667. The summed E-state index contributed by atoms with van der Waals surface area (Å²) in [4.78, 5) is 17.3. The van der Waals surface area contributed by atoms with Crippen molar-refractivity contribution >= 4 is 40.8 Å². The average molecular weight is 319 g/mol. The summed E-state index contributed by atoms with van der Waals surface area (Å²) < 4.78 is 5.26. The zero-order valence-corrected chi connectivity index (χ0v) is 12.7. The number of ether oxygens (including phenoxy) is 1. The molecule has 0 saturated carbocycles. The number of halogens is 1. The van der Waals surface area contributed by atoms with Gasteiger partial charge in [0.1, 0.15) is 11.4 Å². The molecular weight excluding hydrogens is 308 g/mol. The van der Waals surface area contributed by atoms with E-state index in [9.17, 15) is 4.79 Å². The van der Waals surface area contributed by atoms with Crippen LogP contribution in [0.5, 0.6) is 5.75 Å². The number of carbonyl (C=O) groups is 1. The van der Waals surface area contributed by atoms with Gasteiger partial charge in [-0.15, -0.1) is 11.3 Å². The molecule has 6 heteroatoms. The number of benzene rings is 1. The number of amidine groups is 1. The molecule has 0 aliphatic carbocycles. The fourth-order valence-corrected chi connectivity index (χ4v) is 2.81. The lowest BCUT2D eigenvalue weighted by Crippen LogP contribution is -2.23. The Hall–Kier alpha value is -2.11. The van der Waals surface area contributed by atoms with Crippen LogP contribution in [-0.2, 0) is 4.79 Å². The Labute approximate surface area is 130 Å². The van der Waals surface area contributed by atoms with Crippen LogP contribution in [0.4, 0.5) is 0 Å². The maximum absolute atomic E-state index is 12.0. The predicted octanol–water partition coefficient (Wildman–Crippen LogP) is 3.33. The van der Waals surface area contributed by atoms with Gasteiger partial charge in [-0.1, -0.05) is 17.7 Å². The smallest absolute Gasteiger partial charge is 0.275 e. The number of amides is 1. The number of aliphatic imine (C=N–C) groups is 1. The third-order valence-corrected chi connectivity index (χ3v) is 4.05. The van der Waals surface area contributed by atoms with Crippen LogP contribution >= 0.6 is 22.9 Å². The lowest BCUT2D eigenvalue weighted by Gasteiger charge is -2.05. The van der Waals surface area contributed by atoms with Gasteiger partial charge in [-0.2, -0.15) is 0 Å². The minimum Gasteiger partial charge on any atom is -0.496 e. The highest BCUT2D eigenvalue weighted by atomic mass is 35.5. The topological polar surface area (TPSA) is 50.7 Å². The average Bonchev–Trinajstić information content (AvgIpc) is 3.10. The van der Waals surface area contributed by atoms with Crippen LogP contribution in [0, 0.1) is 0 Å². The molecule has 0 spiro atoms. The van der Waals surface area contributed by atoms with Crippen molar-refractivity contribution in [2.24, 2.45) is 4.99 Å². The second kappa shape index (κ2) is 5.71. The minimum absolute atomic E-state index is 0.236. The van der Waals surface area contributed by atoms with Gasteiger partial charge >= 0.3 is 0 Å². The van der Waals surface area contributed by atoms with Gasteiger partial charge in [-0.05, 0) is 35.7 Å². The van der Waals surface area contributed by atoms with E-state index in [-0.39, 0.29) is 5.91 Å². The van der Waals surface area contributed by atoms with Crippen LogP contribution in [-0.4, -0.2) is 18.9 Å². The van der Waals surface area contributed by atoms with Crippen molar-refractivity contribution in [3.63, 3.8) is 0 Å². The van der Waals surface area contributed by atoms with E-state index in [1.165, 1.54) is 11.3 Å². The molecule has 0 fully saturated rings. The largest absolute Gasteiger partial charge is 0.496 e. The Morgan fingerprint density at radius 2 is 2.24 bits per heavy atom. The molecule has 1 aromatic carbocycles. The number of nitrogens with one attached hydrogen (secondary N) is 1. The van der Waals surface area contributed by atoms with E-state index >= 15 is 0 Å². The van der Waals surface area contributed by atoms with E-state index in [2.05, 4.69) is 10.3 Å². The van der Waals surface area contributed by atoms with Crippen LogP contribution in [0.25, 0.3) is 6.08 Å². The first-order valence-electron chi connectivity index (χ1n) is 6.16. The summed E-state index contributed by atoms with van der Waals surface area (Å²) in [6.45, 7) is 0. The van der Waals surface area contributed by atoms with Crippen LogP contribution in [0.2, 0.25) is 5.02 Å². The lowest BCUT2D eigenvalue weighted by molar-refractivity contribution is -0.115. The van der Waals surface area contributed by atoms with Crippen molar-refractivity contribution in [3.05, 3.63) is 56.9 Å². The summed E-state index contributed by atoms with van der Waals surface area (Å²) in [7, 11) is 1.57. The van der Waals surface area contributed by atoms with Crippen molar-refractivity contribution in [2.75, 3.05) is 7.11 Å². The summed E-state index contributed by atoms with van der Waals surface area (Å²) >= 11 is 7.51. The highest BCUT2D eigenvalue weighted by Gasteiger charge is 2.22. The fourth-order valence-electron chi connectivity index (χ4n) is 1.96. The van der Waals surface area contributed by atoms with Gasteiger partial charge < -0.3 is 10.1 Å². The van der Waals surface area contributed by atoms with Gasteiger partial charge in [-0.25, -0.2) is 4.99 Å². The molecule has 0 unspecified atom stereocenters. The zero-order valence-electron chi connectivity index (χ0n) is 11.1. The van der Waals surface area contributed by atoms with Gasteiger partial charge in [0.2, 0.25) is 0 Å².